The normalized spacial score (nSPS) is 32.7. The van der Waals surface area contributed by atoms with Crippen molar-refractivity contribution in [1.82, 2.24) is 0 Å². The molecule has 1 rings (SSSR count). The lowest BCUT2D eigenvalue weighted by Crippen LogP contribution is -2.47. The lowest BCUT2D eigenvalue weighted by Gasteiger charge is -2.32. The van der Waals surface area contributed by atoms with Crippen LogP contribution < -0.4 is 0 Å². The minimum Gasteiger partial charge on any atom is -0.466 e. The van der Waals surface area contributed by atoms with E-state index in [0.29, 0.717) is 26.1 Å². The Morgan fingerprint density at radius 1 is 1.67 bits per heavy atom. The van der Waals surface area contributed by atoms with Gasteiger partial charge in [0.05, 0.1) is 18.6 Å². The van der Waals surface area contributed by atoms with Crippen molar-refractivity contribution < 1.29 is 19.4 Å². The fourth-order valence-electron chi connectivity index (χ4n) is 2.17. The van der Waals surface area contributed by atoms with Crippen LogP contribution in [0.1, 0.15) is 33.6 Å². The van der Waals surface area contributed by atoms with Gasteiger partial charge in [-0.15, -0.1) is 0 Å². The van der Waals surface area contributed by atoms with Crippen LogP contribution in [-0.2, 0) is 14.3 Å². The second-order valence-corrected chi connectivity index (χ2v) is 3.97. The number of rotatable bonds is 4. The molecule has 3 atom stereocenters. The number of hydrogen-bond acceptors (Lipinski definition) is 4. The van der Waals surface area contributed by atoms with Crippen molar-refractivity contribution in [1.29, 1.82) is 0 Å². The van der Waals surface area contributed by atoms with E-state index in [0.717, 1.165) is 0 Å². The summed E-state index contributed by atoms with van der Waals surface area (Å²) in [7, 11) is 0. The second-order valence-electron chi connectivity index (χ2n) is 3.97. The van der Waals surface area contributed by atoms with Gasteiger partial charge in [0.1, 0.15) is 5.60 Å². The van der Waals surface area contributed by atoms with Gasteiger partial charge in [0.25, 0.3) is 0 Å². The molecule has 0 aromatic rings. The van der Waals surface area contributed by atoms with Crippen LogP contribution in [0.2, 0.25) is 0 Å². The summed E-state index contributed by atoms with van der Waals surface area (Å²) in [5.41, 5.74) is -1.05. The first-order valence-electron chi connectivity index (χ1n) is 5.56. The van der Waals surface area contributed by atoms with Crippen LogP contribution in [0.4, 0.5) is 0 Å². The number of hydrogen-bond donors (Lipinski definition) is 1. The molecule has 4 heteroatoms. The zero-order valence-electron chi connectivity index (χ0n) is 9.66. The summed E-state index contributed by atoms with van der Waals surface area (Å²) < 4.78 is 10.3. The van der Waals surface area contributed by atoms with Gasteiger partial charge in [-0.25, -0.2) is 0 Å². The van der Waals surface area contributed by atoms with E-state index in [1.807, 2.05) is 6.92 Å². The summed E-state index contributed by atoms with van der Waals surface area (Å²) in [5.74, 6) is -0.796. The van der Waals surface area contributed by atoms with Gasteiger partial charge in [-0.05, 0) is 20.3 Å². The van der Waals surface area contributed by atoms with Crippen LogP contribution in [-0.4, -0.2) is 36.0 Å². The predicted molar refractivity (Wildman–Crippen MR) is 55.4 cm³/mol. The highest BCUT2D eigenvalue weighted by Crippen LogP contribution is 2.35. The second kappa shape index (κ2) is 4.94. The first-order chi connectivity index (χ1) is 7.06. The molecule has 0 radical (unpaired) electrons. The Labute approximate surface area is 90.6 Å². The minimum absolute atomic E-state index is 0.299. The molecule has 3 unspecified atom stereocenters. The van der Waals surface area contributed by atoms with Gasteiger partial charge < -0.3 is 14.6 Å². The number of carbonyl (C=O) groups excluding carboxylic acids is 1. The quantitative estimate of drug-likeness (QED) is 0.715. The number of ether oxygens (including phenoxy) is 2. The van der Waals surface area contributed by atoms with Crippen molar-refractivity contribution in [2.45, 2.75) is 45.3 Å². The van der Waals surface area contributed by atoms with Crippen molar-refractivity contribution in [2.24, 2.45) is 5.92 Å². The lowest BCUT2D eigenvalue weighted by molar-refractivity contribution is -0.162. The van der Waals surface area contributed by atoms with Gasteiger partial charge in [-0.1, -0.05) is 6.92 Å². The molecule has 1 aliphatic rings. The van der Waals surface area contributed by atoms with Gasteiger partial charge in [0.15, 0.2) is 0 Å². The fourth-order valence-corrected chi connectivity index (χ4v) is 2.17. The molecule has 1 aliphatic heterocycles. The monoisotopic (exact) mass is 216 g/mol. The summed E-state index contributed by atoms with van der Waals surface area (Å²) in [6.07, 6.45) is 0.779. The fraction of sp³-hybridized carbons (Fsp3) is 0.909. The molecule has 15 heavy (non-hydrogen) atoms. The van der Waals surface area contributed by atoms with E-state index in [9.17, 15) is 9.90 Å². The largest absolute Gasteiger partial charge is 0.466 e. The molecule has 88 valence electrons. The number of carbonyl (C=O) groups is 1. The Hall–Kier alpha value is -0.610. The van der Waals surface area contributed by atoms with Crippen LogP contribution in [0.25, 0.3) is 0 Å². The number of aliphatic hydroxyl groups is 1. The first kappa shape index (κ1) is 12.5. The summed E-state index contributed by atoms with van der Waals surface area (Å²) in [4.78, 5) is 11.7. The summed E-state index contributed by atoms with van der Waals surface area (Å²) >= 11 is 0. The van der Waals surface area contributed by atoms with E-state index in [2.05, 4.69) is 0 Å². The maximum Gasteiger partial charge on any atom is 0.311 e. The van der Waals surface area contributed by atoms with Crippen LogP contribution >= 0.6 is 0 Å². The highest BCUT2D eigenvalue weighted by molar-refractivity contribution is 5.74. The van der Waals surface area contributed by atoms with E-state index in [-0.39, 0.29) is 12.1 Å². The molecule has 1 fully saturated rings. The Morgan fingerprint density at radius 3 is 2.73 bits per heavy atom. The van der Waals surface area contributed by atoms with Crippen LogP contribution in [0, 0.1) is 5.92 Å². The van der Waals surface area contributed by atoms with E-state index >= 15 is 0 Å². The molecule has 1 N–H and O–H groups in total. The van der Waals surface area contributed by atoms with E-state index < -0.39 is 11.5 Å². The van der Waals surface area contributed by atoms with Gasteiger partial charge in [-0.2, -0.15) is 0 Å². The topological polar surface area (TPSA) is 55.8 Å². The minimum atomic E-state index is -1.05. The number of esters is 1. The molecule has 0 amide bonds. The van der Waals surface area contributed by atoms with E-state index in [1.54, 1.807) is 13.8 Å². The molecule has 1 heterocycles. The Kier molecular flexibility index (Phi) is 4.11. The third-order valence-electron chi connectivity index (χ3n) is 3.16. The summed E-state index contributed by atoms with van der Waals surface area (Å²) in [5, 5.41) is 10.4. The molecule has 1 saturated heterocycles. The van der Waals surface area contributed by atoms with E-state index in [1.165, 1.54) is 0 Å². The highest BCUT2D eigenvalue weighted by Gasteiger charge is 2.49. The summed E-state index contributed by atoms with van der Waals surface area (Å²) in [6, 6.07) is 0. The highest BCUT2D eigenvalue weighted by atomic mass is 16.5. The standard InChI is InChI=1S/C11H20O4/c1-4-9(10(12)14-5-2)11(13)6-7-15-8(11)3/h8-9,13H,4-7H2,1-3H3. The van der Waals surface area contributed by atoms with Crippen molar-refractivity contribution in [3.8, 4) is 0 Å². The van der Waals surface area contributed by atoms with Crippen LogP contribution in [0.5, 0.6) is 0 Å². The molecule has 0 aromatic carbocycles. The molecule has 0 saturated carbocycles. The van der Waals surface area contributed by atoms with E-state index in [4.69, 9.17) is 9.47 Å². The van der Waals surface area contributed by atoms with Gasteiger partial charge >= 0.3 is 5.97 Å². The molecular formula is C11H20O4. The van der Waals surface area contributed by atoms with Crippen molar-refractivity contribution in [3.63, 3.8) is 0 Å². The SMILES string of the molecule is CCOC(=O)C(CC)C1(O)CCOC1C. The molecular weight excluding hydrogens is 196 g/mol. The van der Waals surface area contributed by atoms with Crippen molar-refractivity contribution in [2.75, 3.05) is 13.2 Å². The third-order valence-corrected chi connectivity index (χ3v) is 3.16. The predicted octanol–water partition coefficient (Wildman–Crippen LogP) is 1.12. The Balaban J connectivity index is 2.76. The average Bonchev–Trinajstić information content (AvgIpc) is 2.49. The molecule has 4 nitrogen and oxygen atoms in total. The van der Waals surface area contributed by atoms with Gasteiger partial charge in [0, 0.05) is 13.0 Å². The lowest BCUT2D eigenvalue weighted by atomic mass is 9.80. The molecule has 0 bridgehead atoms. The van der Waals surface area contributed by atoms with Crippen molar-refractivity contribution in [3.05, 3.63) is 0 Å². The zero-order valence-corrected chi connectivity index (χ0v) is 9.66. The zero-order chi connectivity index (χ0) is 11.5. The Morgan fingerprint density at radius 2 is 2.33 bits per heavy atom. The molecule has 0 spiro atoms. The summed E-state index contributed by atoms with van der Waals surface area (Å²) in [6.45, 7) is 6.30. The van der Waals surface area contributed by atoms with Gasteiger partial charge in [0.2, 0.25) is 0 Å². The maximum absolute atomic E-state index is 11.7. The smallest absolute Gasteiger partial charge is 0.311 e. The third kappa shape index (κ3) is 2.32. The van der Waals surface area contributed by atoms with Crippen LogP contribution in [0.3, 0.4) is 0 Å². The van der Waals surface area contributed by atoms with Crippen molar-refractivity contribution >= 4 is 5.97 Å². The molecule has 0 aliphatic carbocycles. The maximum atomic E-state index is 11.7. The van der Waals surface area contributed by atoms with Crippen LogP contribution in [0.15, 0.2) is 0 Å². The average molecular weight is 216 g/mol. The first-order valence-corrected chi connectivity index (χ1v) is 5.56. The van der Waals surface area contributed by atoms with Gasteiger partial charge in [-0.3, -0.25) is 4.79 Å². The molecule has 0 aromatic heterocycles. The Bertz CT molecular complexity index is 229.